The van der Waals surface area contributed by atoms with Crippen LogP contribution in [0.5, 0.6) is 5.75 Å². The van der Waals surface area contributed by atoms with Crippen LogP contribution in [0.2, 0.25) is 0 Å². The molecule has 0 aliphatic rings. The number of fused-ring (bicyclic) bond motifs is 2. The lowest BCUT2D eigenvalue weighted by atomic mass is 10.1. The van der Waals surface area contributed by atoms with Crippen LogP contribution in [0, 0.1) is 0 Å². The van der Waals surface area contributed by atoms with Crippen LogP contribution in [0.25, 0.3) is 21.8 Å². The van der Waals surface area contributed by atoms with E-state index in [0.717, 1.165) is 33.2 Å². The Morgan fingerprint density at radius 3 is 2.00 bits per heavy atom. The molecule has 1 heterocycles. The third-order valence-corrected chi connectivity index (χ3v) is 7.30. The molecule has 0 fully saturated rings. The monoisotopic (exact) mass is 674 g/mol. The summed E-state index contributed by atoms with van der Waals surface area (Å²) in [5.41, 5.74) is 4.46. The normalized spacial score (nSPS) is 11.3. The van der Waals surface area contributed by atoms with Gasteiger partial charge in [-0.1, -0.05) is 36.4 Å². The van der Waals surface area contributed by atoms with Crippen molar-refractivity contribution in [3.63, 3.8) is 0 Å². The topological polar surface area (TPSA) is 102 Å². The lowest BCUT2D eigenvalue weighted by Gasteiger charge is -2.22. The van der Waals surface area contributed by atoms with E-state index in [0.29, 0.717) is 47.5 Å². The summed E-state index contributed by atoms with van der Waals surface area (Å²) in [5, 5.41) is 8.18. The van der Waals surface area contributed by atoms with Gasteiger partial charge in [0.15, 0.2) is 0 Å². The molecule has 5 aromatic rings. The number of aromatic nitrogens is 1. The highest BCUT2D eigenvalue weighted by molar-refractivity contribution is 6.18. The molecular formula is C36H36Cl2N4O5. The smallest absolute Gasteiger partial charge is 0.444 e. The molecule has 5 rings (SSSR count). The van der Waals surface area contributed by atoms with Crippen LogP contribution in [0.15, 0.2) is 91.0 Å². The molecule has 1 amide bonds. The predicted molar refractivity (Wildman–Crippen MR) is 190 cm³/mol. The molecule has 9 nitrogen and oxygen atoms in total. The van der Waals surface area contributed by atoms with Crippen LogP contribution >= 0.6 is 23.2 Å². The standard InChI is InChI=1S/C36H36Cl2N4O5/c1-36(2,3)47-34(43)40-26-21-24(23-45-35(44)46-28-14-12-27(13-15-28)42(18-16-37)19-17-38)20-25(22-26)39-33-29-8-4-6-10-31(29)41-32-11-7-5-9-30(32)33/h4-15,20-22H,16-19,23H2,1-3H3,(H,39,41)(H,40,43). The van der Waals surface area contributed by atoms with Crippen molar-refractivity contribution in [2.24, 2.45) is 0 Å². The SMILES string of the molecule is CC(C)(C)OC(=O)Nc1cc(COC(=O)Oc2ccc(N(CCCl)CCCl)cc2)cc(Nc2c3ccccc3nc3ccccc23)c1. The second-order valence-electron chi connectivity index (χ2n) is 11.7. The van der Waals surface area contributed by atoms with E-state index in [9.17, 15) is 9.59 Å². The summed E-state index contributed by atoms with van der Waals surface area (Å²) in [6.45, 7) is 6.54. The zero-order chi connectivity index (χ0) is 33.4. The van der Waals surface area contributed by atoms with Crippen molar-refractivity contribution in [3.8, 4) is 5.75 Å². The maximum Gasteiger partial charge on any atom is 0.514 e. The number of pyridine rings is 1. The summed E-state index contributed by atoms with van der Waals surface area (Å²) in [6.07, 6.45) is -1.48. The first kappa shape index (κ1) is 33.6. The second-order valence-corrected chi connectivity index (χ2v) is 12.4. The summed E-state index contributed by atoms with van der Waals surface area (Å²) in [6, 6.07) is 28.1. The minimum absolute atomic E-state index is 0.119. The van der Waals surface area contributed by atoms with Gasteiger partial charge in [-0.05, 0) is 80.9 Å². The number of halogens is 2. The first-order valence-corrected chi connectivity index (χ1v) is 16.2. The van der Waals surface area contributed by atoms with Gasteiger partial charge in [0.05, 0.1) is 16.7 Å². The Morgan fingerprint density at radius 2 is 1.40 bits per heavy atom. The Morgan fingerprint density at radius 1 is 0.809 bits per heavy atom. The van der Waals surface area contributed by atoms with E-state index in [2.05, 4.69) is 10.6 Å². The molecule has 11 heteroatoms. The Bertz CT molecular complexity index is 1800. The molecule has 244 valence electrons. The minimum atomic E-state index is -0.873. The van der Waals surface area contributed by atoms with Gasteiger partial charge in [0.25, 0.3) is 0 Å². The van der Waals surface area contributed by atoms with Crippen LogP contribution in [0.3, 0.4) is 0 Å². The van der Waals surface area contributed by atoms with Crippen molar-refractivity contribution in [2.75, 3.05) is 40.4 Å². The van der Waals surface area contributed by atoms with Gasteiger partial charge in [0.2, 0.25) is 0 Å². The van der Waals surface area contributed by atoms with Gasteiger partial charge in [0, 0.05) is 52.7 Å². The molecule has 0 spiro atoms. The molecule has 0 aliphatic carbocycles. The van der Waals surface area contributed by atoms with Crippen LogP contribution in [-0.2, 0) is 16.1 Å². The van der Waals surface area contributed by atoms with Crippen molar-refractivity contribution in [1.82, 2.24) is 4.98 Å². The number of alkyl halides is 2. The highest BCUT2D eigenvalue weighted by Crippen LogP contribution is 2.34. The molecule has 2 N–H and O–H groups in total. The van der Waals surface area contributed by atoms with E-state index in [-0.39, 0.29) is 6.61 Å². The summed E-state index contributed by atoms with van der Waals surface area (Å²) in [5.74, 6) is 1.25. The first-order chi connectivity index (χ1) is 22.6. The molecular weight excluding hydrogens is 639 g/mol. The molecule has 1 aromatic heterocycles. The second kappa shape index (κ2) is 15.2. The predicted octanol–water partition coefficient (Wildman–Crippen LogP) is 9.48. The molecule has 4 aromatic carbocycles. The van der Waals surface area contributed by atoms with E-state index in [1.54, 1.807) is 45.0 Å². The number of amides is 1. The molecule has 0 aliphatic heterocycles. The summed E-state index contributed by atoms with van der Waals surface area (Å²) >= 11 is 11.8. The number of benzene rings is 4. The summed E-state index contributed by atoms with van der Waals surface area (Å²) < 4.78 is 16.4. The third kappa shape index (κ3) is 9.18. The third-order valence-electron chi connectivity index (χ3n) is 6.96. The molecule has 0 saturated carbocycles. The summed E-state index contributed by atoms with van der Waals surface area (Å²) in [4.78, 5) is 32.2. The van der Waals surface area contributed by atoms with Gasteiger partial charge in [-0.15, -0.1) is 23.2 Å². The van der Waals surface area contributed by atoms with Gasteiger partial charge in [-0.25, -0.2) is 14.6 Å². The fraction of sp³-hybridized carbons (Fsp3) is 0.250. The number of nitrogens with zero attached hydrogens (tertiary/aromatic N) is 2. The van der Waals surface area contributed by atoms with E-state index < -0.39 is 17.8 Å². The van der Waals surface area contributed by atoms with Gasteiger partial charge < -0.3 is 24.4 Å². The number of ether oxygens (including phenoxy) is 3. The largest absolute Gasteiger partial charge is 0.514 e. The van der Waals surface area contributed by atoms with Crippen LogP contribution in [0.4, 0.5) is 32.3 Å². The van der Waals surface area contributed by atoms with Crippen LogP contribution in [0.1, 0.15) is 26.3 Å². The van der Waals surface area contributed by atoms with E-state index in [1.165, 1.54) is 0 Å². The lowest BCUT2D eigenvalue weighted by molar-refractivity contribution is 0.0635. The van der Waals surface area contributed by atoms with Crippen molar-refractivity contribution < 1.29 is 23.8 Å². The molecule has 0 atom stereocenters. The number of carbonyl (C=O) groups is 2. The Labute approximate surface area is 283 Å². The van der Waals surface area contributed by atoms with E-state index in [1.807, 2.05) is 71.6 Å². The number of nitrogens with one attached hydrogen (secondary N) is 2. The number of hydrogen-bond donors (Lipinski definition) is 2. The quantitative estimate of drug-likeness (QED) is 0.0618. The van der Waals surface area contributed by atoms with Crippen LogP contribution in [-0.4, -0.2) is 47.7 Å². The van der Waals surface area contributed by atoms with Crippen molar-refractivity contribution >= 4 is 80.0 Å². The minimum Gasteiger partial charge on any atom is -0.444 e. The van der Waals surface area contributed by atoms with E-state index in [4.69, 9.17) is 42.4 Å². The number of para-hydroxylation sites is 2. The Kier molecular flexibility index (Phi) is 10.9. The lowest BCUT2D eigenvalue weighted by Crippen LogP contribution is -2.27. The average molecular weight is 676 g/mol. The van der Waals surface area contributed by atoms with Crippen molar-refractivity contribution in [1.29, 1.82) is 0 Å². The van der Waals surface area contributed by atoms with Gasteiger partial charge in [-0.3, -0.25) is 5.32 Å². The van der Waals surface area contributed by atoms with E-state index >= 15 is 0 Å². The number of rotatable bonds is 11. The van der Waals surface area contributed by atoms with Crippen LogP contribution < -0.4 is 20.3 Å². The maximum atomic E-state index is 12.7. The number of hydrogen-bond acceptors (Lipinski definition) is 8. The molecule has 0 bridgehead atoms. The van der Waals surface area contributed by atoms with Gasteiger partial charge in [-0.2, -0.15) is 0 Å². The molecule has 0 unspecified atom stereocenters. The van der Waals surface area contributed by atoms with Gasteiger partial charge >= 0.3 is 12.2 Å². The Balaban J connectivity index is 1.37. The summed E-state index contributed by atoms with van der Waals surface area (Å²) in [7, 11) is 0. The van der Waals surface area contributed by atoms with Gasteiger partial charge in [0.1, 0.15) is 18.0 Å². The first-order valence-electron chi connectivity index (χ1n) is 15.1. The zero-order valence-electron chi connectivity index (χ0n) is 26.4. The number of anilines is 4. The highest BCUT2D eigenvalue weighted by atomic mass is 35.5. The van der Waals surface area contributed by atoms with Crippen molar-refractivity contribution in [2.45, 2.75) is 33.0 Å². The highest BCUT2D eigenvalue weighted by Gasteiger charge is 2.18. The molecule has 0 saturated heterocycles. The fourth-order valence-corrected chi connectivity index (χ4v) is 5.44. The zero-order valence-corrected chi connectivity index (χ0v) is 27.9. The molecule has 47 heavy (non-hydrogen) atoms. The maximum absolute atomic E-state index is 12.7. The molecule has 0 radical (unpaired) electrons. The van der Waals surface area contributed by atoms with Crippen molar-refractivity contribution in [3.05, 3.63) is 96.6 Å². The Hall–Kier alpha value is -4.73. The number of carbonyl (C=O) groups excluding carboxylic acids is 2. The average Bonchev–Trinajstić information content (AvgIpc) is 3.03. The fourth-order valence-electron chi connectivity index (χ4n) is 5.03.